The summed E-state index contributed by atoms with van der Waals surface area (Å²) >= 11 is 0. The summed E-state index contributed by atoms with van der Waals surface area (Å²) in [4.78, 5) is 4.15. The van der Waals surface area contributed by atoms with E-state index >= 15 is 0 Å². The number of nitrogens with two attached hydrogens (primary N) is 2. The van der Waals surface area contributed by atoms with Crippen LogP contribution in [0.3, 0.4) is 0 Å². The van der Waals surface area contributed by atoms with E-state index in [9.17, 15) is 0 Å². The van der Waals surface area contributed by atoms with Crippen molar-refractivity contribution in [3.05, 3.63) is 18.2 Å². The zero-order chi connectivity index (χ0) is 11.3. The Balaban J connectivity index is 2.62. The Kier molecular flexibility index (Phi) is 4.78. The number of aryl methyl sites for hydroxylation is 1. The lowest BCUT2D eigenvalue weighted by molar-refractivity contribution is 0.480. The summed E-state index contributed by atoms with van der Waals surface area (Å²) < 4.78 is 2.11. The van der Waals surface area contributed by atoms with Gasteiger partial charge < -0.3 is 16.0 Å². The van der Waals surface area contributed by atoms with Crippen molar-refractivity contribution in [2.45, 2.75) is 39.3 Å². The number of aromatic nitrogens is 2. The molecule has 1 aromatic heterocycles. The summed E-state index contributed by atoms with van der Waals surface area (Å²) in [6.45, 7) is 5.98. The number of imidazole rings is 1. The molecule has 0 saturated carbocycles. The van der Waals surface area contributed by atoms with Crippen LogP contribution in [0.1, 0.15) is 38.4 Å². The van der Waals surface area contributed by atoms with Crippen LogP contribution in [0.25, 0.3) is 0 Å². The fourth-order valence-electron chi connectivity index (χ4n) is 1.72. The molecule has 1 unspecified atom stereocenters. The van der Waals surface area contributed by atoms with Gasteiger partial charge in [0.1, 0.15) is 0 Å². The van der Waals surface area contributed by atoms with E-state index in [4.69, 9.17) is 11.5 Å². The molecule has 0 aromatic carbocycles. The first kappa shape index (κ1) is 12.2. The minimum atomic E-state index is 0.0882. The quantitative estimate of drug-likeness (QED) is 0.743. The first-order valence-electron chi connectivity index (χ1n) is 5.60. The molecule has 0 saturated heterocycles. The zero-order valence-corrected chi connectivity index (χ0v) is 9.69. The molecular weight excluding hydrogens is 188 g/mol. The Morgan fingerprint density at radius 1 is 1.47 bits per heavy atom. The van der Waals surface area contributed by atoms with Crippen LogP contribution in [0.5, 0.6) is 0 Å². The minimum absolute atomic E-state index is 0.0882. The van der Waals surface area contributed by atoms with Crippen molar-refractivity contribution >= 4 is 0 Å². The largest absolute Gasteiger partial charge is 0.333 e. The van der Waals surface area contributed by atoms with Crippen LogP contribution in [0, 0.1) is 5.92 Å². The van der Waals surface area contributed by atoms with Gasteiger partial charge in [-0.3, -0.25) is 0 Å². The van der Waals surface area contributed by atoms with Gasteiger partial charge in [0.25, 0.3) is 0 Å². The van der Waals surface area contributed by atoms with Crippen LogP contribution in [0.4, 0.5) is 0 Å². The van der Waals surface area contributed by atoms with Crippen molar-refractivity contribution in [3.63, 3.8) is 0 Å². The summed E-state index contributed by atoms with van der Waals surface area (Å²) in [7, 11) is 0. The van der Waals surface area contributed by atoms with E-state index in [1.54, 1.807) is 0 Å². The fourth-order valence-corrected chi connectivity index (χ4v) is 1.72. The standard InChI is InChI=1S/C11H22N4/c1-9(2)6-10(13)11-7-14-8-15(11)5-3-4-12/h7-10H,3-6,12-13H2,1-2H3. The molecule has 4 nitrogen and oxygen atoms in total. The van der Waals surface area contributed by atoms with Gasteiger partial charge in [0.2, 0.25) is 0 Å². The van der Waals surface area contributed by atoms with E-state index in [1.807, 2.05) is 12.5 Å². The molecule has 0 amide bonds. The van der Waals surface area contributed by atoms with Crippen LogP contribution in [0.15, 0.2) is 12.5 Å². The van der Waals surface area contributed by atoms with Crippen molar-refractivity contribution in [1.29, 1.82) is 0 Å². The third kappa shape index (κ3) is 3.64. The second-order valence-corrected chi connectivity index (χ2v) is 4.39. The van der Waals surface area contributed by atoms with Gasteiger partial charge >= 0.3 is 0 Å². The zero-order valence-electron chi connectivity index (χ0n) is 9.69. The maximum atomic E-state index is 6.12. The molecule has 4 heteroatoms. The van der Waals surface area contributed by atoms with Gasteiger partial charge in [0.15, 0.2) is 0 Å². The van der Waals surface area contributed by atoms with Crippen LogP contribution >= 0.6 is 0 Å². The second-order valence-electron chi connectivity index (χ2n) is 4.39. The topological polar surface area (TPSA) is 69.9 Å². The predicted octanol–water partition coefficient (Wildman–Crippen LogP) is 1.28. The van der Waals surface area contributed by atoms with Crippen molar-refractivity contribution < 1.29 is 0 Å². The molecule has 0 radical (unpaired) electrons. The molecule has 0 spiro atoms. The molecule has 1 atom stereocenters. The number of hydrogen-bond acceptors (Lipinski definition) is 3. The average molecular weight is 210 g/mol. The van der Waals surface area contributed by atoms with Gasteiger partial charge in [-0.2, -0.15) is 0 Å². The highest BCUT2D eigenvalue weighted by Crippen LogP contribution is 2.18. The van der Waals surface area contributed by atoms with E-state index in [1.165, 1.54) is 0 Å². The molecule has 15 heavy (non-hydrogen) atoms. The third-order valence-corrected chi connectivity index (χ3v) is 2.45. The highest BCUT2D eigenvalue weighted by Gasteiger charge is 2.12. The van der Waals surface area contributed by atoms with Crippen molar-refractivity contribution in [1.82, 2.24) is 9.55 Å². The fraction of sp³-hybridized carbons (Fsp3) is 0.727. The summed E-state index contributed by atoms with van der Waals surface area (Å²) in [5.74, 6) is 0.609. The lowest BCUT2D eigenvalue weighted by Crippen LogP contribution is -2.18. The molecule has 0 fully saturated rings. The Morgan fingerprint density at radius 2 is 2.20 bits per heavy atom. The third-order valence-electron chi connectivity index (χ3n) is 2.45. The summed E-state index contributed by atoms with van der Waals surface area (Å²) in [5.41, 5.74) is 12.7. The highest BCUT2D eigenvalue weighted by molar-refractivity contribution is 5.04. The van der Waals surface area contributed by atoms with E-state index < -0.39 is 0 Å². The molecular formula is C11H22N4. The molecule has 86 valence electrons. The number of hydrogen-bond donors (Lipinski definition) is 2. The van der Waals surface area contributed by atoms with Crippen molar-refractivity contribution in [2.75, 3.05) is 6.54 Å². The van der Waals surface area contributed by atoms with Crippen molar-refractivity contribution in [2.24, 2.45) is 17.4 Å². The lowest BCUT2D eigenvalue weighted by Gasteiger charge is -2.16. The van der Waals surface area contributed by atoms with Gasteiger partial charge in [-0.25, -0.2) is 4.98 Å². The minimum Gasteiger partial charge on any atom is -0.333 e. The summed E-state index contributed by atoms with van der Waals surface area (Å²) in [5, 5.41) is 0. The van der Waals surface area contributed by atoms with Crippen LogP contribution in [0.2, 0.25) is 0 Å². The predicted molar refractivity (Wildman–Crippen MR) is 62.3 cm³/mol. The first-order valence-corrected chi connectivity index (χ1v) is 5.60. The van der Waals surface area contributed by atoms with Gasteiger partial charge in [-0.15, -0.1) is 0 Å². The van der Waals surface area contributed by atoms with Crippen molar-refractivity contribution in [3.8, 4) is 0 Å². The molecule has 0 aliphatic rings. The van der Waals surface area contributed by atoms with E-state index in [0.29, 0.717) is 12.5 Å². The molecule has 1 rings (SSSR count). The van der Waals surface area contributed by atoms with Gasteiger partial charge in [0, 0.05) is 18.8 Å². The first-order chi connectivity index (χ1) is 7.15. The van der Waals surface area contributed by atoms with Gasteiger partial charge in [0.05, 0.1) is 12.0 Å². The lowest BCUT2D eigenvalue weighted by atomic mass is 10.0. The Bertz CT molecular complexity index is 280. The maximum absolute atomic E-state index is 6.12. The normalized spacial score (nSPS) is 13.4. The summed E-state index contributed by atoms with van der Waals surface area (Å²) in [6, 6.07) is 0.0882. The molecule has 0 aliphatic carbocycles. The van der Waals surface area contributed by atoms with Crippen LogP contribution in [-0.2, 0) is 6.54 Å². The molecule has 4 N–H and O–H groups in total. The molecule has 0 aliphatic heterocycles. The van der Waals surface area contributed by atoms with Gasteiger partial charge in [-0.1, -0.05) is 13.8 Å². The maximum Gasteiger partial charge on any atom is 0.0948 e. The monoisotopic (exact) mass is 210 g/mol. The summed E-state index contributed by atoms with van der Waals surface area (Å²) in [6.07, 6.45) is 5.67. The number of rotatable bonds is 6. The smallest absolute Gasteiger partial charge is 0.0948 e. The Morgan fingerprint density at radius 3 is 2.80 bits per heavy atom. The average Bonchev–Trinajstić information content (AvgIpc) is 2.61. The molecule has 1 aromatic rings. The Hall–Kier alpha value is -0.870. The molecule has 1 heterocycles. The highest BCUT2D eigenvalue weighted by atomic mass is 15.1. The Labute approximate surface area is 91.7 Å². The number of nitrogens with zero attached hydrogens (tertiary/aromatic N) is 2. The van der Waals surface area contributed by atoms with Crippen LogP contribution < -0.4 is 11.5 Å². The van der Waals surface area contributed by atoms with E-state index in [0.717, 1.165) is 25.1 Å². The second kappa shape index (κ2) is 5.88. The SMILES string of the molecule is CC(C)CC(N)c1cncn1CCCN. The van der Waals surface area contributed by atoms with E-state index in [2.05, 4.69) is 23.4 Å². The van der Waals surface area contributed by atoms with Crippen LogP contribution in [-0.4, -0.2) is 16.1 Å². The van der Waals surface area contributed by atoms with Gasteiger partial charge in [-0.05, 0) is 25.3 Å². The van der Waals surface area contributed by atoms with E-state index in [-0.39, 0.29) is 6.04 Å². The molecule has 0 bridgehead atoms.